The van der Waals surface area contributed by atoms with Crippen LogP contribution in [0.25, 0.3) is 0 Å². The maximum Gasteiger partial charge on any atom is 0.223 e. The van der Waals surface area contributed by atoms with Crippen LogP contribution in [0.5, 0.6) is 0 Å². The molecule has 1 saturated carbocycles. The Hall–Kier alpha value is -0.570. The van der Waals surface area contributed by atoms with Gasteiger partial charge >= 0.3 is 0 Å². The van der Waals surface area contributed by atoms with Crippen LogP contribution in [0.4, 0.5) is 0 Å². The number of carbonyl (C=O) groups is 1. The molecule has 0 aliphatic heterocycles. The van der Waals surface area contributed by atoms with E-state index in [1.165, 1.54) is 0 Å². The predicted molar refractivity (Wildman–Crippen MR) is 55.8 cm³/mol. The van der Waals surface area contributed by atoms with Gasteiger partial charge in [0.25, 0.3) is 0 Å². The topological polar surface area (TPSA) is 49.3 Å². The van der Waals surface area contributed by atoms with Crippen molar-refractivity contribution in [1.82, 2.24) is 5.32 Å². The molecule has 0 bridgehead atoms. The molecule has 14 heavy (non-hydrogen) atoms. The van der Waals surface area contributed by atoms with E-state index in [-0.39, 0.29) is 18.4 Å². The maximum absolute atomic E-state index is 11.4. The average Bonchev–Trinajstić information content (AvgIpc) is 2.89. The molecule has 3 atom stereocenters. The maximum atomic E-state index is 11.4. The molecular weight excluding hydrogens is 178 g/mol. The van der Waals surface area contributed by atoms with Crippen LogP contribution in [-0.2, 0) is 4.79 Å². The van der Waals surface area contributed by atoms with Crippen molar-refractivity contribution < 1.29 is 9.90 Å². The summed E-state index contributed by atoms with van der Waals surface area (Å²) >= 11 is 0. The van der Waals surface area contributed by atoms with Crippen molar-refractivity contribution in [2.75, 3.05) is 13.2 Å². The molecule has 0 heterocycles. The first-order valence-electron chi connectivity index (χ1n) is 5.53. The normalized spacial score (nSPS) is 27.1. The predicted octanol–water partition coefficient (Wildman–Crippen LogP) is 1.17. The van der Waals surface area contributed by atoms with Gasteiger partial charge in [0.2, 0.25) is 5.91 Å². The van der Waals surface area contributed by atoms with Gasteiger partial charge in [-0.05, 0) is 31.1 Å². The average molecular weight is 199 g/mol. The second-order valence-electron chi connectivity index (χ2n) is 4.54. The van der Waals surface area contributed by atoms with Gasteiger partial charge in [-0.2, -0.15) is 0 Å². The van der Waals surface area contributed by atoms with Gasteiger partial charge in [0, 0.05) is 19.1 Å². The first-order valence-corrected chi connectivity index (χ1v) is 5.53. The molecule has 0 aromatic carbocycles. The highest BCUT2D eigenvalue weighted by Crippen LogP contribution is 2.37. The number of hydrogen-bond acceptors (Lipinski definition) is 2. The molecule has 1 rings (SSSR count). The Balaban J connectivity index is 1.96. The molecule has 0 radical (unpaired) electrons. The van der Waals surface area contributed by atoms with Crippen LogP contribution >= 0.6 is 0 Å². The van der Waals surface area contributed by atoms with Crippen LogP contribution in [0.1, 0.15) is 33.1 Å². The second kappa shape index (κ2) is 5.35. The molecule has 1 aliphatic carbocycles. The highest BCUT2D eigenvalue weighted by Gasteiger charge is 2.38. The lowest BCUT2D eigenvalue weighted by atomic mass is 10.1. The first-order chi connectivity index (χ1) is 6.65. The molecule has 82 valence electrons. The third-order valence-corrected chi connectivity index (χ3v) is 2.93. The summed E-state index contributed by atoms with van der Waals surface area (Å²) in [6.45, 7) is 5.13. The van der Waals surface area contributed by atoms with Crippen molar-refractivity contribution in [2.45, 2.75) is 33.1 Å². The van der Waals surface area contributed by atoms with E-state index >= 15 is 0 Å². The molecule has 3 heteroatoms. The van der Waals surface area contributed by atoms with Crippen molar-refractivity contribution >= 4 is 5.91 Å². The van der Waals surface area contributed by atoms with E-state index in [9.17, 15) is 4.79 Å². The van der Waals surface area contributed by atoms with Crippen LogP contribution in [0.2, 0.25) is 0 Å². The van der Waals surface area contributed by atoms with E-state index in [0.717, 1.165) is 25.8 Å². The number of nitrogens with one attached hydrogen (secondary N) is 1. The zero-order valence-electron chi connectivity index (χ0n) is 9.12. The fourth-order valence-electron chi connectivity index (χ4n) is 1.57. The zero-order valence-corrected chi connectivity index (χ0v) is 9.12. The summed E-state index contributed by atoms with van der Waals surface area (Å²) < 4.78 is 0. The molecule has 3 unspecified atom stereocenters. The van der Waals surface area contributed by atoms with Crippen molar-refractivity contribution in [3.8, 4) is 0 Å². The van der Waals surface area contributed by atoms with Gasteiger partial charge in [-0.1, -0.05) is 13.8 Å². The van der Waals surface area contributed by atoms with E-state index in [1.54, 1.807) is 0 Å². The molecule has 0 saturated heterocycles. The Labute approximate surface area is 85.9 Å². The molecular formula is C11H21NO2. The van der Waals surface area contributed by atoms with Crippen LogP contribution in [0.15, 0.2) is 0 Å². The fourth-order valence-corrected chi connectivity index (χ4v) is 1.57. The summed E-state index contributed by atoms with van der Waals surface area (Å²) in [5.74, 6) is 1.44. The fraction of sp³-hybridized carbons (Fsp3) is 0.909. The Morgan fingerprint density at radius 2 is 2.29 bits per heavy atom. The summed E-state index contributed by atoms with van der Waals surface area (Å²) in [5.41, 5.74) is 0. The summed E-state index contributed by atoms with van der Waals surface area (Å²) in [6.07, 6.45) is 3.00. The summed E-state index contributed by atoms with van der Waals surface area (Å²) in [6, 6.07) is 0. The van der Waals surface area contributed by atoms with Crippen LogP contribution < -0.4 is 5.32 Å². The zero-order chi connectivity index (χ0) is 10.6. The number of amides is 1. The second-order valence-corrected chi connectivity index (χ2v) is 4.54. The number of carbonyl (C=O) groups excluding carboxylic acids is 1. The first kappa shape index (κ1) is 11.5. The number of aliphatic hydroxyl groups is 1. The molecule has 2 N–H and O–H groups in total. The van der Waals surface area contributed by atoms with Crippen LogP contribution in [0, 0.1) is 17.8 Å². The Morgan fingerprint density at radius 3 is 2.79 bits per heavy atom. The lowest BCUT2D eigenvalue weighted by Gasteiger charge is -2.08. The third-order valence-electron chi connectivity index (χ3n) is 2.93. The van der Waals surface area contributed by atoms with E-state index in [2.05, 4.69) is 12.2 Å². The third kappa shape index (κ3) is 3.66. The van der Waals surface area contributed by atoms with Gasteiger partial charge in [0.1, 0.15) is 0 Å². The van der Waals surface area contributed by atoms with Crippen LogP contribution in [-0.4, -0.2) is 24.2 Å². The molecule has 1 fully saturated rings. The standard InChI is InChI=1S/C11H21NO2/c1-8(7-13)4-3-5-12-11(14)10-6-9(10)2/h8-10,13H,3-7H2,1-2H3,(H,12,14). The summed E-state index contributed by atoms with van der Waals surface area (Å²) in [7, 11) is 0. The van der Waals surface area contributed by atoms with Gasteiger partial charge in [-0.3, -0.25) is 4.79 Å². The monoisotopic (exact) mass is 199 g/mol. The lowest BCUT2D eigenvalue weighted by molar-refractivity contribution is -0.122. The summed E-state index contributed by atoms with van der Waals surface area (Å²) in [4.78, 5) is 11.4. The number of rotatable bonds is 6. The molecule has 1 aliphatic rings. The van der Waals surface area contributed by atoms with E-state index in [4.69, 9.17) is 5.11 Å². The van der Waals surface area contributed by atoms with E-state index in [0.29, 0.717) is 11.8 Å². The van der Waals surface area contributed by atoms with Gasteiger partial charge in [-0.25, -0.2) is 0 Å². The van der Waals surface area contributed by atoms with Gasteiger partial charge in [-0.15, -0.1) is 0 Å². The van der Waals surface area contributed by atoms with Crippen molar-refractivity contribution in [3.63, 3.8) is 0 Å². The lowest BCUT2D eigenvalue weighted by Crippen LogP contribution is -2.26. The Morgan fingerprint density at radius 1 is 1.64 bits per heavy atom. The molecule has 3 nitrogen and oxygen atoms in total. The minimum absolute atomic E-state index is 0.217. The smallest absolute Gasteiger partial charge is 0.223 e. The minimum Gasteiger partial charge on any atom is -0.396 e. The summed E-state index contributed by atoms with van der Waals surface area (Å²) in [5, 5.41) is 11.7. The van der Waals surface area contributed by atoms with Crippen molar-refractivity contribution in [3.05, 3.63) is 0 Å². The largest absolute Gasteiger partial charge is 0.396 e. The van der Waals surface area contributed by atoms with Crippen molar-refractivity contribution in [1.29, 1.82) is 0 Å². The van der Waals surface area contributed by atoms with Crippen LogP contribution in [0.3, 0.4) is 0 Å². The quantitative estimate of drug-likeness (QED) is 0.631. The number of aliphatic hydroxyl groups excluding tert-OH is 1. The Kier molecular flexibility index (Phi) is 4.39. The van der Waals surface area contributed by atoms with Gasteiger partial charge in [0.05, 0.1) is 0 Å². The molecule has 0 aromatic rings. The molecule has 0 aromatic heterocycles. The van der Waals surface area contributed by atoms with E-state index < -0.39 is 0 Å². The Bertz CT molecular complexity index is 194. The molecule has 1 amide bonds. The number of hydrogen-bond donors (Lipinski definition) is 2. The SMILES string of the molecule is CC(CO)CCCNC(=O)C1CC1C. The highest BCUT2D eigenvalue weighted by atomic mass is 16.3. The van der Waals surface area contributed by atoms with E-state index in [1.807, 2.05) is 6.92 Å². The molecule has 0 spiro atoms. The van der Waals surface area contributed by atoms with Gasteiger partial charge < -0.3 is 10.4 Å². The van der Waals surface area contributed by atoms with Crippen molar-refractivity contribution in [2.24, 2.45) is 17.8 Å². The highest BCUT2D eigenvalue weighted by molar-refractivity contribution is 5.81. The minimum atomic E-state index is 0.217. The van der Waals surface area contributed by atoms with Gasteiger partial charge in [0.15, 0.2) is 0 Å².